The molecule has 0 N–H and O–H groups in total. The molecule has 16 heavy (non-hydrogen) atoms. The quantitative estimate of drug-likeness (QED) is 0.761. The number of hydrogen-bond acceptors (Lipinski definition) is 1. The number of halogens is 2. The zero-order valence-electron chi connectivity index (χ0n) is 8.71. The maximum atomic E-state index is 13.7. The first-order valence-electron chi connectivity index (χ1n) is 4.80. The van der Waals surface area contributed by atoms with E-state index in [0.717, 1.165) is 5.56 Å². The Labute approximate surface area is 98.4 Å². The lowest BCUT2D eigenvalue weighted by Crippen LogP contribution is -1.87. The molecular formula is C13H10ClFO. The van der Waals surface area contributed by atoms with Gasteiger partial charge in [-0.2, -0.15) is 0 Å². The van der Waals surface area contributed by atoms with Crippen molar-refractivity contribution in [1.29, 1.82) is 0 Å². The van der Waals surface area contributed by atoms with Gasteiger partial charge in [0.15, 0.2) is 0 Å². The average Bonchev–Trinajstić information content (AvgIpc) is 2.28. The van der Waals surface area contributed by atoms with Gasteiger partial charge in [-0.15, -0.1) is 0 Å². The molecule has 0 radical (unpaired) electrons. The molecule has 82 valence electrons. The summed E-state index contributed by atoms with van der Waals surface area (Å²) in [6.07, 6.45) is 0. The van der Waals surface area contributed by atoms with Gasteiger partial charge in [0, 0.05) is 16.7 Å². The lowest BCUT2D eigenvalue weighted by molar-refractivity contribution is 0.411. The Morgan fingerprint density at radius 3 is 2.56 bits per heavy atom. The fraction of sp³-hybridized carbons (Fsp3) is 0.0769. The lowest BCUT2D eigenvalue weighted by atomic mass is 10.1. The van der Waals surface area contributed by atoms with Crippen LogP contribution in [0.1, 0.15) is 0 Å². The minimum atomic E-state index is -0.318. The first-order chi connectivity index (χ1) is 7.70. The second kappa shape index (κ2) is 4.54. The summed E-state index contributed by atoms with van der Waals surface area (Å²) in [6.45, 7) is 0. The summed E-state index contributed by atoms with van der Waals surface area (Å²) in [5.74, 6) is 0.185. The molecule has 0 aliphatic rings. The molecule has 0 aliphatic heterocycles. The summed E-state index contributed by atoms with van der Waals surface area (Å²) in [7, 11) is 1.51. The molecular weight excluding hydrogens is 227 g/mol. The van der Waals surface area contributed by atoms with Gasteiger partial charge in [-0.05, 0) is 29.8 Å². The fourth-order valence-corrected chi connectivity index (χ4v) is 1.70. The molecule has 0 saturated heterocycles. The van der Waals surface area contributed by atoms with Gasteiger partial charge in [-0.25, -0.2) is 4.39 Å². The van der Waals surface area contributed by atoms with Crippen LogP contribution in [0.15, 0.2) is 42.5 Å². The number of benzene rings is 2. The lowest BCUT2D eigenvalue weighted by Gasteiger charge is -2.06. The fourth-order valence-electron chi connectivity index (χ4n) is 1.51. The van der Waals surface area contributed by atoms with Gasteiger partial charge in [0.05, 0.1) is 7.11 Å². The van der Waals surface area contributed by atoms with Crippen LogP contribution >= 0.6 is 11.6 Å². The van der Waals surface area contributed by atoms with E-state index in [0.29, 0.717) is 16.3 Å². The van der Waals surface area contributed by atoms with E-state index in [1.807, 2.05) is 6.07 Å². The molecule has 0 atom stereocenters. The Hall–Kier alpha value is -1.54. The molecule has 2 aromatic carbocycles. The SMILES string of the molecule is COc1ccc(-c2cccc(Cl)c2)c(F)c1. The Kier molecular flexibility index (Phi) is 3.11. The molecule has 2 aromatic rings. The van der Waals surface area contributed by atoms with Crippen LogP contribution in [-0.2, 0) is 0 Å². The molecule has 0 fully saturated rings. The van der Waals surface area contributed by atoms with E-state index in [9.17, 15) is 4.39 Å². The summed E-state index contributed by atoms with van der Waals surface area (Å²) in [4.78, 5) is 0. The van der Waals surface area contributed by atoms with Crippen molar-refractivity contribution in [2.75, 3.05) is 7.11 Å². The summed E-state index contributed by atoms with van der Waals surface area (Å²) < 4.78 is 18.7. The second-order valence-electron chi connectivity index (χ2n) is 3.36. The van der Waals surface area contributed by atoms with E-state index < -0.39 is 0 Å². The highest BCUT2D eigenvalue weighted by atomic mass is 35.5. The van der Waals surface area contributed by atoms with Crippen molar-refractivity contribution in [3.63, 3.8) is 0 Å². The largest absolute Gasteiger partial charge is 0.497 e. The maximum absolute atomic E-state index is 13.7. The highest BCUT2D eigenvalue weighted by Gasteiger charge is 2.06. The number of hydrogen-bond donors (Lipinski definition) is 0. The standard InChI is InChI=1S/C13H10ClFO/c1-16-11-5-6-12(13(15)8-11)9-3-2-4-10(14)7-9/h2-8H,1H3. The molecule has 0 aromatic heterocycles. The van der Waals surface area contributed by atoms with Gasteiger partial charge in [0.25, 0.3) is 0 Å². The van der Waals surface area contributed by atoms with E-state index in [2.05, 4.69) is 0 Å². The van der Waals surface area contributed by atoms with Crippen LogP contribution in [0.25, 0.3) is 11.1 Å². The molecule has 0 bridgehead atoms. The predicted octanol–water partition coefficient (Wildman–Crippen LogP) is 4.15. The molecule has 3 heteroatoms. The monoisotopic (exact) mass is 236 g/mol. The van der Waals surface area contributed by atoms with Crippen LogP contribution in [0.2, 0.25) is 5.02 Å². The Morgan fingerprint density at radius 1 is 1.12 bits per heavy atom. The normalized spacial score (nSPS) is 10.2. The predicted molar refractivity (Wildman–Crippen MR) is 63.4 cm³/mol. The topological polar surface area (TPSA) is 9.23 Å². The van der Waals surface area contributed by atoms with Gasteiger partial charge in [0.2, 0.25) is 0 Å². The van der Waals surface area contributed by atoms with Crippen LogP contribution in [0.3, 0.4) is 0 Å². The summed E-state index contributed by atoms with van der Waals surface area (Å²) in [6, 6.07) is 11.9. The van der Waals surface area contributed by atoms with Crippen LogP contribution in [0.5, 0.6) is 5.75 Å². The first-order valence-corrected chi connectivity index (χ1v) is 5.18. The third-order valence-corrected chi connectivity index (χ3v) is 2.55. The van der Waals surface area contributed by atoms with Crippen LogP contribution in [0, 0.1) is 5.82 Å². The van der Waals surface area contributed by atoms with E-state index in [4.69, 9.17) is 16.3 Å². The smallest absolute Gasteiger partial charge is 0.134 e. The zero-order chi connectivity index (χ0) is 11.5. The van der Waals surface area contributed by atoms with Gasteiger partial charge in [-0.3, -0.25) is 0 Å². The molecule has 0 heterocycles. The second-order valence-corrected chi connectivity index (χ2v) is 3.79. The third-order valence-electron chi connectivity index (χ3n) is 2.31. The number of ether oxygens (including phenoxy) is 1. The Balaban J connectivity index is 2.48. The van der Waals surface area contributed by atoms with Crippen molar-refractivity contribution in [3.05, 3.63) is 53.3 Å². The van der Waals surface area contributed by atoms with Crippen LogP contribution in [0.4, 0.5) is 4.39 Å². The average molecular weight is 237 g/mol. The van der Waals surface area contributed by atoms with E-state index >= 15 is 0 Å². The summed E-state index contributed by atoms with van der Waals surface area (Å²) in [5.41, 5.74) is 1.27. The molecule has 0 unspecified atom stereocenters. The van der Waals surface area contributed by atoms with Crippen molar-refractivity contribution in [2.45, 2.75) is 0 Å². The van der Waals surface area contributed by atoms with E-state index in [1.54, 1.807) is 30.3 Å². The minimum Gasteiger partial charge on any atom is -0.497 e. The zero-order valence-corrected chi connectivity index (χ0v) is 9.46. The van der Waals surface area contributed by atoms with Crippen LogP contribution in [-0.4, -0.2) is 7.11 Å². The summed E-state index contributed by atoms with van der Waals surface area (Å²) >= 11 is 5.86. The molecule has 0 saturated carbocycles. The highest BCUT2D eigenvalue weighted by molar-refractivity contribution is 6.30. The van der Waals surface area contributed by atoms with Crippen molar-refractivity contribution in [3.8, 4) is 16.9 Å². The third kappa shape index (κ3) is 2.17. The van der Waals surface area contributed by atoms with Gasteiger partial charge < -0.3 is 4.74 Å². The molecule has 1 nitrogen and oxygen atoms in total. The Morgan fingerprint density at radius 2 is 1.94 bits per heavy atom. The van der Waals surface area contributed by atoms with E-state index in [-0.39, 0.29) is 5.82 Å². The molecule has 2 rings (SSSR count). The molecule has 0 aliphatic carbocycles. The molecule has 0 spiro atoms. The van der Waals surface area contributed by atoms with Crippen molar-refractivity contribution in [1.82, 2.24) is 0 Å². The van der Waals surface area contributed by atoms with Crippen molar-refractivity contribution < 1.29 is 9.13 Å². The van der Waals surface area contributed by atoms with Crippen LogP contribution < -0.4 is 4.74 Å². The minimum absolute atomic E-state index is 0.318. The molecule has 0 amide bonds. The number of rotatable bonds is 2. The van der Waals surface area contributed by atoms with Crippen molar-refractivity contribution >= 4 is 11.6 Å². The van der Waals surface area contributed by atoms with E-state index in [1.165, 1.54) is 13.2 Å². The highest BCUT2D eigenvalue weighted by Crippen LogP contribution is 2.27. The Bertz CT molecular complexity index is 511. The maximum Gasteiger partial charge on any atom is 0.134 e. The summed E-state index contributed by atoms with van der Waals surface area (Å²) in [5, 5.41) is 0.590. The number of methoxy groups -OCH3 is 1. The first kappa shape index (κ1) is 11.0. The van der Waals surface area contributed by atoms with Crippen molar-refractivity contribution in [2.24, 2.45) is 0 Å². The van der Waals surface area contributed by atoms with Gasteiger partial charge in [0.1, 0.15) is 11.6 Å². The van der Waals surface area contributed by atoms with Gasteiger partial charge in [-0.1, -0.05) is 23.7 Å². The van der Waals surface area contributed by atoms with Gasteiger partial charge >= 0.3 is 0 Å².